The SMILES string of the molecule is O=S(=O)(N/N=C/C=C/c1ccccc1)c1ccccc1. The zero-order chi connectivity index (χ0) is 14.3. The van der Waals surface area contributed by atoms with E-state index in [1.165, 1.54) is 18.3 Å². The van der Waals surface area contributed by atoms with Gasteiger partial charge in [0, 0.05) is 6.21 Å². The van der Waals surface area contributed by atoms with Crippen LogP contribution >= 0.6 is 0 Å². The van der Waals surface area contributed by atoms with Crippen molar-refractivity contribution in [3.05, 3.63) is 72.3 Å². The van der Waals surface area contributed by atoms with Gasteiger partial charge in [-0.1, -0.05) is 54.6 Å². The van der Waals surface area contributed by atoms with Crippen molar-refractivity contribution < 1.29 is 8.42 Å². The molecule has 0 amide bonds. The van der Waals surface area contributed by atoms with Gasteiger partial charge < -0.3 is 0 Å². The lowest BCUT2D eigenvalue weighted by atomic mass is 10.2. The molecule has 2 rings (SSSR count). The molecule has 20 heavy (non-hydrogen) atoms. The Morgan fingerprint density at radius 2 is 1.50 bits per heavy atom. The molecule has 4 nitrogen and oxygen atoms in total. The number of hydrogen-bond donors (Lipinski definition) is 1. The standard InChI is InChI=1S/C15H14N2O2S/c18-20(19,15-11-5-2-6-12-15)17-16-13-7-10-14-8-3-1-4-9-14/h1-13,17H/b10-7+,16-13+. The van der Waals surface area contributed by atoms with Gasteiger partial charge in [0.2, 0.25) is 0 Å². The molecule has 0 aliphatic carbocycles. The van der Waals surface area contributed by atoms with Crippen molar-refractivity contribution in [1.29, 1.82) is 0 Å². The third kappa shape index (κ3) is 4.07. The highest BCUT2D eigenvalue weighted by Crippen LogP contribution is 2.06. The number of benzene rings is 2. The van der Waals surface area contributed by atoms with Crippen LogP contribution < -0.4 is 4.83 Å². The van der Waals surface area contributed by atoms with Gasteiger partial charge in [0.05, 0.1) is 4.90 Å². The van der Waals surface area contributed by atoms with Gasteiger partial charge in [-0.25, -0.2) is 4.83 Å². The average Bonchev–Trinajstić information content (AvgIpc) is 2.49. The summed E-state index contributed by atoms with van der Waals surface area (Å²) in [5.41, 5.74) is 1.02. The molecule has 0 atom stereocenters. The summed E-state index contributed by atoms with van der Waals surface area (Å²) < 4.78 is 23.6. The summed E-state index contributed by atoms with van der Waals surface area (Å²) in [5.74, 6) is 0. The fourth-order valence-electron chi connectivity index (χ4n) is 1.51. The minimum atomic E-state index is -3.59. The maximum atomic E-state index is 11.8. The van der Waals surface area contributed by atoms with Gasteiger partial charge in [-0.2, -0.15) is 13.5 Å². The van der Waals surface area contributed by atoms with Crippen LogP contribution in [0.2, 0.25) is 0 Å². The van der Waals surface area contributed by atoms with E-state index in [9.17, 15) is 8.42 Å². The van der Waals surface area contributed by atoms with E-state index < -0.39 is 10.0 Å². The second kappa shape index (κ2) is 6.68. The summed E-state index contributed by atoms with van der Waals surface area (Å²) in [6.07, 6.45) is 4.90. The fraction of sp³-hybridized carbons (Fsp3) is 0. The van der Waals surface area contributed by atoms with Crippen LogP contribution in [-0.4, -0.2) is 14.6 Å². The van der Waals surface area contributed by atoms with E-state index in [0.29, 0.717) is 0 Å². The van der Waals surface area contributed by atoms with Crippen LogP contribution in [0.3, 0.4) is 0 Å². The number of nitrogens with zero attached hydrogens (tertiary/aromatic N) is 1. The van der Waals surface area contributed by atoms with Crippen molar-refractivity contribution in [1.82, 2.24) is 4.83 Å². The predicted octanol–water partition coefficient (Wildman–Crippen LogP) is 2.66. The van der Waals surface area contributed by atoms with Crippen molar-refractivity contribution in [2.24, 2.45) is 5.10 Å². The van der Waals surface area contributed by atoms with Crippen LogP contribution in [0, 0.1) is 0 Å². The third-order valence-electron chi connectivity index (χ3n) is 2.48. The van der Waals surface area contributed by atoms with E-state index in [2.05, 4.69) is 9.93 Å². The minimum absolute atomic E-state index is 0.184. The Balaban J connectivity index is 1.95. The van der Waals surface area contributed by atoms with Crippen LogP contribution in [0.4, 0.5) is 0 Å². The zero-order valence-corrected chi connectivity index (χ0v) is 11.5. The summed E-state index contributed by atoms with van der Waals surface area (Å²) in [5, 5.41) is 3.68. The van der Waals surface area contributed by atoms with Crippen molar-refractivity contribution in [2.45, 2.75) is 4.90 Å². The normalized spacial score (nSPS) is 12.0. The molecule has 0 aliphatic rings. The fourth-order valence-corrected chi connectivity index (χ4v) is 2.33. The Kier molecular flexibility index (Phi) is 4.68. The Bertz CT molecular complexity index is 693. The van der Waals surface area contributed by atoms with Gasteiger partial charge in [0.25, 0.3) is 10.0 Å². The largest absolute Gasteiger partial charge is 0.276 e. The minimum Gasteiger partial charge on any atom is -0.200 e. The number of sulfonamides is 1. The predicted molar refractivity (Wildman–Crippen MR) is 80.7 cm³/mol. The molecule has 0 radical (unpaired) electrons. The van der Waals surface area contributed by atoms with Gasteiger partial charge in [-0.15, -0.1) is 0 Å². The van der Waals surface area contributed by atoms with E-state index in [-0.39, 0.29) is 4.90 Å². The smallest absolute Gasteiger partial charge is 0.200 e. The molecule has 0 bridgehead atoms. The summed E-state index contributed by atoms with van der Waals surface area (Å²) in [6, 6.07) is 17.8. The summed E-state index contributed by atoms with van der Waals surface area (Å²) >= 11 is 0. The first-order chi connectivity index (χ1) is 9.68. The molecule has 0 aromatic heterocycles. The summed E-state index contributed by atoms with van der Waals surface area (Å²) in [7, 11) is -3.59. The maximum Gasteiger partial charge on any atom is 0.276 e. The molecule has 102 valence electrons. The van der Waals surface area contributed by atoms with Crippen LogP contribution in [0.1, 0.15) is 5.56 Å². The highest BCUT2D eigenvalue weighted by Gasteiger charge is 2.10. The molecular formula is C15H14N2O2S. The van der Waals surface area contributed by atoms with E-state index >= 15 is 0 Å². The number of allylic oxidation sites excluding steroid dienone is 1. The van der Waals surface area contributed by atoms with Gasteiger partial charge >= 0.3 is 0 Å². The first-order valence-electron chi connectivity index (χ1n) is 6.00. The van der Waals surface area contributed by atoms with Crippen LogP contribution in [0.5, 0.6) is 0 Å². The van der Waals surface area contributed by atoms with Crippen LogP contribution in [-0.2, 0) is 10.0 Å². The second-order valence-electron chi connectivity index (χ2n) is 3.96. The highest BCUT2D eigenvalue weighted by molar-refractivity contribution is 7.89. The molecule has 5 heteroatoms. The molecule has 0 saturated heterocycles. The monoisotopic (exact) mass is 286 g/mol. The molecule has 2 aromatic rings. The topological polar surface area (TPSA) is 58.5 Å². The Hall–Kier alpha value is -2.40. The van der Waals surface area contributed by atoms with Crippen molar-refractivity contribution in [3.8, 4) is 0 Å². The molecule has 0 aliphatic heterocycles. The van der Waals surface area contributed by atoms with Gasteiger partial charge in [-0.3, -0.25) is 0 Å². The summed E-state index contributed by atoms with van der Waals surface area (Å²) in [4.78, 5) is 2.34. The maximum absolute atomic E-state index is 11.8. The number of hydrogen-bond acceptors (Lipinski definition) is 3. The number of nitrogens with one attached hydrogen (secondary N) is 1. The third-order valence-corrected chi connectivity index (χ3v) is 3.71. The van der Waals surface area contributed by atoms with Gasteiger partial charge in [0.1, 0.15) is 0 Å². The molecule has 0 unspecified atom stereocenters. The summed E-state index contributed by atoms with van der Waals surface area (Å²) in [6.45, 7) is 0. The van der Waals surface area contributed by atoms with E-state index in [0.717, 1.165) is 5.56 Å². The first kappa shape index (κ1) is 14.0. The van der Waals surface area contributed by atoms with Crippen molar-refractivity contribution in [3.63, 3.8) is 0 Å². The molecule has 0 spiro atoms. The Morgan fingerprint density at radius 3 is 2.15 bits per heavy atom. The lowest BCUT2D eigenvalue weighted by Gasteiger charge is -2.01. The first-order valence-corrected chi connectivity index (χ1v) is 7.48. The molecule has 1 N–H and O–H groups in total. The highest BCUT2D eigenvalue weighted by atomic mass is 32.2. The van der Waals surface area contributed by atoms with E-state index in [4.69, 9.17) is 0 Å². The lowest BCUT2D eigenvalue weighted by Crippen LogP contribution is -2.17. The molecule has 0 fully saturated rings. The molecule has 0 heterocycles. The molecule has 2 aromatic carbocycles. The van der Waals surface area contributed by atoms with Crippen LogP contribution in [0.15, 0.2) is 76.7 Å². The molecule has 0 saturated carbocycles. The van der Waals surface area contributed by atoms with E-state index in [1.807, 2.05) is 36.4 Å². The van der Waals surface area contributed by atoms with Gasteiger partial charge in [0.15, 0.2) is 0 Å². The van der Waals surface area contributed by atoms with Gasteiger partial charge in [-0.05, 0) is 23.8 Å². The average molecular weight is 286 g/mol. The van der Waals surface area contributed by atoms with Crippen molar-refractivity contribution >= 4 is 22.3 Å². The second-order valence-corrected chi connectivity index (χ2v) is 5.62. The van der Waals surface area contributed by atoms with Crippen molar-refractivity contribution in [2.75, 3.05) is 0 Å². The number of hydrazone groups is 1. The Labute approximate surface area is 118 Å². The zero-order valence-electron chi connectivity index (χ0n) is 10.7. The number of rotatable bonds is 5. The Morgan fingerprint density at radius 1 is 0.900 bits per heavy atom. The van der Waals surface area contributed by atoms with E-state index in [1.54, 1.807) is 24.3 Å². The molecular weight excluding hydrogens is 272 g/mol. The van der Waals surface area contributed by atoms with Crippen LogP contribution in [0.25, 0.3) is 6.08 Å². The lowest BCUT2D eigenvalue weighted by molar-refractivity contribution is 0.584. The quantitative estimate of drug-likeness (QED) is 0.678.